The lowest BCUT2D eigenvalue weighted by Crippen LogP contribution is -3.63. The number of alkyl halides is 2. The first-order valence-corrected chi connectivity index (χ1v) is 5.03. The first-order chi connectivity index (χ1) is 2.97. The van der Waals surface area contributed by atoms with E-state index in [1.54, 1.807) is 0 Å². The maximum absolute atomic E-state index is 4.12. The Kier molecular flexibility index (Phi) is 0.651. The summed E-state index contributed by atoms with van der Waals surface area (Å²) in [6.07, 6.45) is 0.720. The van der Waals surface area contributed by atoms with E-state index in [4.69, 9.17) is 0 Å². The van der Waals surface area contributed by atoms with Crippen molar-refractivity contribution in [3.63, 3.8) is 0 Å². The molecule has 0 aromatic heterocycles. The summed E-state index contributed by atoms with van der Waals surface area (Å²) in [5.74, 6) is 0. The van der Waals surface area contributed by atoms with Crippen molar-refractivity contribution in [1.29, 1.82) is 0 Å². The molecule has 2 saturated heterocycles. The van der Waals surface area contributed by atoms with Crippen molar-refractivity contribution in [3.05, 3.63) is 5.43 Å². The van der Waals surface area contributed by atoms with Gasteiger partial charge in [0.15, 0.2) is 4.55 Å². The van der Waals surface area contributed by atoms with Crippen molar-refractivity contribution < 1.29 is 21.2 Å². The van der Waals surface area contributed by atoms with E-state index in [0.717, 1.165) is 6.17 Å². The molecule has 34 valence electrons. The van der Waals surface area contributed by atoms with E-state index in [-0.39, 0.29) is 0 Å². The lowest BCUT2D eigenvalue weighted by Gasteiger charge is -1.86. The average Bonchev–Trinajstić information content (AvgIpc) is 2.17. The highest BCUT2D eigenvalue weighted by atomic mass is 127. The Balaban J connectivity index is 2.09. The van der Waals surface area contributed by atoms with E-state index < -0.39 is 0 Å². The summed E-state index contributed by atoms with van der Waals surface area (Å²) in [4.78, 5) is 0. The zero-order chi connectivity index (χ0) is 3.98. The van der Waals surface area contributed by atoms with Crippen LogP contribution >= 0.6 is 0 Å². The molecule has 0 aliphatic carbocycles. The molecule has 2 rings (SSSR count). The lowest BCUT2D eigenvalue weighted by atomic mass is 10.7. The second-order valence-electron chi connectivity index (χ2n) is 1.50. The van der Waals surface area contributed by atoms with Crippen LogP contribution in [0, 0.1) is 0 Å². The van der Waals surface area contributed by atoms with Gasteiger partial charge in [-0.2, -0.15) is 0 Å². The largest absolute Gasteiger partial charge is 0.575 e. The van der Waals surface area contributed by atoms with Crippen LogP contribution in [-0.2, 0) is 0 Å². The molecule has 0 aromatic rings. The standard InChI is InChI=1S/C3H5IN2/c1-3-5-6(3)2-4-1/h3H,1-2H2/t3-,6?/m1/s1. The molecule has 0 aromatic carbocycles. The Morgan fingerprint density at radius 2 is 2.83 bits per heavy atom. The smallest absolute Gasteiger partial charge is 0.284 e. The Labute approximate surface area is 47.1 Å². The first-order valence-electron chi connectivity index (χ1n) is 1.98. The quantitative estimate of drug-likeness (QED) is 0.174. The van der Waals surface area contributed by atoms with Gasteiger partial charge in [-0.1, -0.05) is 0 Å². The van der Waals surface area contributed by atoms with Crippen molar-refractivity contribution in [2.45, 2.75) is 6.17 Å². The molecule has 2 fully saturated rings. The first kappa shape index (κ1) is 3.63. The van der Waals surface area contributed by atoms with Gasteiger partial charge < -0.3 is 10.4 Å². The van der Waals surface area contributed by atoms with Gasteiger partial charge in [0.05, 0.1) is 0 Å². The van der Waals surface area contributed by atoms with Crippen LogP contribution in [0.5, 0.6) is 0 Å². The van der Waals surface area contributed by atoms with E-state index >= 15 is 0 Å². The summed E-state index contributed by atoms with van der Waals surface area (Å²) in [5.41, 5.74) is 4.12. The van der Waals surface area contributed by atoms with Crippen molar-refractivity contribution in [2.75, 3.05) is 8.98 Å². The van der Waals surface area contributed by atoms with Gasteiger partial charge in [0.25, 0.3) is 21.2 Å². The Hall–Kier alpha value is 0.650. The molecule has 0 amide bonds. The monoisotopic (exact) mass is 196 g/mol. The van der Waals surface area contributed by atoms with Crippen LogP contribution in [-0.4, -0.2) is 20.2 Å². The second kappa shape index (κ2) is 1.08. The van der Waals surface area contributed by atoms with E-state index in [1.165, 1.54) is 8.98 Å². The third kappa shape index (κ3) is 0.387. The maximum atomic E-state index is 4.12. The normalized spacial score (nSPS) is 52.0. The molecule has 2 aliphatic rings. The number of halogens is 1. The molecule has 0 N–H and O–H groups in total. The Morgan fingerprint density at radius 1 is 1.83 bits per heavy atom. The third-order valence-corrected chi connectivity index (χ3v) is 3.62. The molecule has 0 spiro atoms. The molecular formula is C3H5IN2. The molecule has 1 unspecified atom stereocenters. The fourth-order valence-corrected chi connectivity index (χ4v) is 3.19. The topological polar surface area (TPSA) is 17.1 Å². The van der Waals surface area contributed by atoms with Crippen molar-refractivity contribution in [3.8, 4) is 0 Å². The van der Waals surface area contributed by atoms with Gasteiger partial charge in [-0.25, -0.2) is 0 Å². The Morgan fingerprint density at radius 3 is 3.00 bits per heavy atom. The predicted molar refractivity (Wildman–Crippen MR) is 18.7 cm³/mol. The molecule has 3 heteroatoms. The second-order valence-corrected chi connectivity index (χ2v) is 4.14. The zero-order valence-electron chi connectivity index (χ0n) is 3.26. The highest BCUT2D eigenvalue weighted by molar-refractivity contribution is 5.05. The van der Waals surface area contributed by atoms with E-state index in [2.05, 4.69) is 10.4 Å². The van der Waals surface area contributed by atoms with E-state index in [9.17, 15) is 0 Å². The molecule has 2 atom stereocenters. The van der Waals surface area contributed by atoms with Crippen LogP contribution in [0.3, 0.4) is 0 Å². The third-order valence-electron chi connectivity index (χ3n) is 1.03. The highest BCUT2D eigenvalue weighted by Gasteiger charge is 2.33. The van der Waals surface area contributed by atoms with Gasteiger partial charge in [0.2, 0.25) is 0 Å². The van der Waals surface area contributed by atoms with Crippen LogP contribution in [0.1, 0.15) is 0 Å². The van der Waals surface area contributed by atoms with Crippen molar-refractivity contribution in [2.24, 2.45) is 0 Å². The summed E-state index contributed by atoms with van der Waals surface area (Å²) in [7, 11) is 0. The summed E-state index contributed by atoms with van der Waals surface area (Å²) >= 11 is 0.584. The summed E-state index contributed by atoms with van der Waals surface area (Å²) in [6, 6.07) is 0. The predicted octanol–water partition coefficient (Wildman–Crippen LogP) is -3.02. The highest BCUT2D eigenvalue weighted by Crippen LogP contribution is 2.25. The lowest BCUT2D eigenvalue weighted by molar-refractivity contribution is -0.645. The fourth-order valence-electron chi connectivity index (χ4n) is 0.595. The summed E-state index contributed by atoms with van der Waals surface area (Å²) < 4.78 is 2.77. The molecular weight excluding hydrogens is 191 g/mol. The van der Waals surface area contributed by atoms with Gasteiger partial charge in [0, 0.05) is 0 Å². The number of hydrogen-bond donors (Lipinski definition) is 0. The number of fused-ring (bicyclic) bond motifs is 1. The summed E-state index contributed by atoms with van der Waals surface area (Å²) in [5, 5.41) is 2.20. The minimum absolute atomic E-state index is 0.584. The zero-order valence-corrected chi connectivity index (χ0v) is 5.42. The van der Waals surface area contributed by atoms with Gasteiger partial charge >= 0.3 is 0 Å². The molecule has 2 aliphatic heterocycles. The van der Waals surface area contributed by atoms with Crippen LogP contribution in [0.15, 0.2) is 0 Å². The van der Waals surface area contributed by atoms with Crippen LogP contribution in [0.2, 0.25) is 0 Å². The van der Waals surface area contributed by atoms with Crippen LogP contribution in [0.25, 0.3) is 5.43 Å². The van der Waals surface area contributed by atoms with Gasteiger partial charge in [-0.05, 0) is 6.17 Å². The van der Waals surface area contributed by atoms with Crippen LogP contribution < -0.4 is 21.2 Å². The van der Waals surface area contributed by atoms with Gasteiger partial charge in [-0.15, -0.1) is 0 Å². The van der Waals surface area contributed by atoms with Gasteiger partial charge in [-0.3, -0.25) is 0 Å². The van der Waals surface area contributed by atoms with E-state index in [0.29, 0.717) is 21.2 Å². The minimum Gasteiger partial charge on any atom is -0.575 e. The number of hydrogen-bond acceptors (Lipinski definition) is 1. The maximum Gasteiger partial charge on any atom is 0.284 e. The minimum atomic E-state index is 0.584. The average molecular weight is 196 g/mol. The Bertz CT molecular complexity index is 67.2. The number of rotatable bonds is 0. The number of nitrogens with zero attached hydrogens (tertiary/aromatic N) is 2. The summed E-state index contributed by atoms with van der Waals surface area (Å²) in [6.45, 7) is 0. The molecule has 0 radical (unpaired) electrons. The van der Waals surface area contributed by atoms with Crippen LogP contribution in [0.4, 0.5) is 0 Å². The molecule has 0 bridgehead atoms. The van der Waals surface area contributed by atoms with Crippen molar-refractivity contribution >= 4 is 0 Å². The van der Waals surface area contributed by atoms with Gasteiger partial charge in [0.1, 0.15) is 4.43 Å². The SMILES string of the molecule is C1[I+]CN2[N-][C@@H]12. The molecule has 0 saturated carbocycles. The molecule has 2 heterocycles. The van der Waals surface area contributed by atoms with E-state index in [1.807, 2.05) is 0 Å². The molecule has 6 heavy (non-hydrogen) atoms. The molecule has 2 nitrogen and oxygen atoms in total. The fraction of sp³-hybridized carbons (Fsp3) is 1.00. The van der Waals surface area contributed by atoms with Crippen molar-refractivity contribution in [1.82, 2.24) is 5.01 Å².